The van der Waals surface area contributed by atoms with Gasteiger partial charge in [-0.2, -0.15) is 0 Å². The zero-order valence-corrected chi connectivity index (χ0v) is 9.81. The lowest BCUT2D eigenvalue weighted by atomic mass is 10.1. The highest BCUT2D eigenvalue weighted by molar-refractivity contribution is 6.35. The van der Waals surface area contributed by atoms with Gasteiger partial charge in [0.15, 0.2) is 0 Å². The van der Waals surface area contributed by atoms with Crippen LogP contribution in [0.25, 0.3) is 11.3 Å². The second kappa shape index (κ2) is 4.40. The first-order chi connectivity index (χ1) is 7.16. The molecule has 0 aliphatic rings. The number of hydrogen-bond acceptors (Lipinski definition) is 1. The maximum Gasteiger partial charge on any atom is 0.129 e. The van der Waals surface area contributed by atoms with Gasteiger partial charge in [0.25, 0.3) is 0 Å². The number of halogens is 3. The van der Waals surface area contributed by atoms with Gasteiger partial charge in [0, 0.05) is 10.6 Å². The van der Waals surface area contributed by atoms with E-state index in [1.54, 1.807) is 24.3 Å². The molecule has 0 atom stereocenters. The molecule has 0 N–H and O–H groups in total. The molecule has 2 aromatic rings. The van der Waals surface area contributed by atoms with Crippen LogP contribution in [-0.4, -0.2) is 4.98 Å². The fraction of sp³-hybridized carbons (Fsp3) is 0. The van der Waals surface area contributed by atoms with Crippen molar-refractivity contribution in [3.63, 3.8) is 0 Å². The maximum atomic E-state index is 6.04. The Hall–Kier alpha value is -0.760. The van der Waals surface area contributed by atoms with Gasteiger partial charge in [-0.1, -0.05) is 40.9 Å². The van der Waals surface area contributed by atoms with Crippen LogP contribution in [0, 0.1) is 0 Å². The van der Waals surface area contributed by atoms with Crippen molar-refractivity contribution in [1.29, 1.82) is 0 Å². The molecular formula is C11H6Cl3N. The third-order valence-corrected chi connectivity index (χ3v) is 2.69. The number of rotatable bonds is 1. The number of aromatic nitrogens is 1. The molecule has 0 unspecified atom stereocenters. The van der Waals surface area contributed by atoms with Gasteiger partial charge in [-0.25, -0.2) is 4.98 Å². The van der Waals surface area contributed by atoms with Crippen LogP contribution in [0.5, 0.6) is 0 Å². The number of nitrogens with zero attached hydrogens (tertiary/aromatic N) is 1. The third-order valence-electron chi connectivity index (χ3n) is 1.92. The van der Waals surface area contributed by atoms with Gasteiger partial charge in [0.05, 0.1) is 10.7 Å². The first kappa shape index (κ1) is 10.7. The van der Waals surface area contributed by atoms with Gasteiger partial charge >= 0.3 is 0 Å². The monoisotopic (exact) mass is 257 g/mol. The Morgan fingerprint density at radius 1 is 0.933 bits per heavy atom. The summed E-state index contributed by atoms with van der Waals surface area (Å²) in [7, 11) is 0. The van der Waals surface area contributed by atoms with Crippen molar-refractivity contribution in [2.45, 2.75) is 0 Å². The van der Waals surface area contributed by atoms with Gasteiger partial charge in [-0.15, -0.1) is 0 Å². The zero-order valence-electron chi connectivity index (χ0n) is 7.55. The SMILES string of the molecule is Clc1ccc(Cl)c(-c2cccc(Cl)n2)c1. The fourth-order valence-corrected chi connectivity index (χ4v) is 1.80. The van der Waals surface area contributed by atoms with Crippen LogP contribution in [-0.2, 0) is 0 Å². The van der Waals surface area contributed by atoms with E-state index in [0.29, 0.717) is 15.2 Å². The average molecular weight is 259 g/mol. The predicted molar refractivity (Wildman–Crippen MR) is 64.7 cm³/mol. The van der Waals surface area contributed by atoms with Gasteiger partial charge in [-0.3, -0.25) is 0 Å². The molecule has 0 bridgehead atoms. The van der Waals surface area contributed by atoms with Gasteiger partial charge < -0.3 is 0 Å². The normalized spacial score (nSPS) is 10.3. The van der Waals surface area contributed by atoms with Crippen molar-refractivity contribution in [1.82, 2.24) is 4.98 Å². The second-order valence-corrected chi connectivity index (χ2v) is 4.20. The number of pyridine rings is 1. The zero-order chi connectivity index (χ0) is 10.8. The lowest BCUT2D eigenvalue weighted by molar-refractivity contribution is 1.33. The summed E-state index contributed by atoms with van der Waals surface area (Å²) in [5, 5.41) is 1.66. The summed E-state index contributed by atoms with van der Waals surface area (Å²) in [6.07, 6.45) is 0. The Balaban J connectivity index is 2.58. The summed E-state index contributed by atoms with van der Waals surface area (Å²) in [6, 6.07) is 10.6. The van der Waals surface area contributed by atoms with Gasteiger partial charge in [0.1, 0.15) is 5.15 Å². The lowest BCUT2D eigenvalue weighted by Gasteiger charge is -2.04. The molecule has 2 rings (SSSR count). The summed E-state index contributed by atoms with van der Waals surface area (Å²) in [6.45, 7) is 0. The van der Waals surface area contributed by atoms with E-state index in [4.69, 9.17) is 34.8 Å². The standard InChI is InChI=1S/C11H6Cl3N/c12-7-4-5-9(13)8(6-7)10-2-1-3-11(14)15-10/h1-6H. The fourth-order valence-electron chi connectivity index (χ4n) is 1.25. The molecule has 0 amide bonds. The molecule has 0 radical (unpaired) electrons. The largest absolute Gasteiger partial charge is 0.236 e. The molecule has 15 heavy (non-hydrogen) atoms. The highest BCUT2D eigenvalue weighted by atomic mass is 35.5. The minimum atomic E-state index is 0.434. The number of benzene rings is 1. The summed E-state index contributed by atoms with van der Waals surface area (Å²) >= 11 is 17.7. The van der Waals surface area contributed by atoms with E-state index in [1.165, 1.54) is 0 Å². The molecule has 1 nitrogen and oxygen atoms in total. The van der Waals surface area contributed by atoms with Crippen LogP contribution in [0.1, 0.15) is 0 Å². The molecular weight excluding hydrogens is 252 g/mol. The van der Waals surface area contributed by atoms with Crippen molar-refractivity contribution >= 4 is 34.8 Å². The Morgan fingerprint density at radius 3 is 2.47 bits per heavy atom. The minimum Gasteiger partial charge on any atom is -0.236 e. The average Bonchev–Trinajstić information content (AvgIpc) is 2.22. The molecule has 0 fully saturated rings. The van der Waals surface area contributed by atoms with Crippen LogP contribution in [0.3, 0.4) is 0 Å². The predicted octanol–water partition coefficient (Wildman–Crippen LogP) is 4.71. The Morgan fingerprint density at radius 2 is 1.73 bits per heavy atom. The van der Waals surface area contributed by atoms with Crippen LogP contribution in [0.15, 0.2) is 36.4 Å². The molecule has 0 aliphatic carbocycles. The van der Waals surface area contributed by atoms with E-state index in [0.717, 1.165) is 11.3 Å². The second-order valence-electron chi connectivity index (χ2n) is 2.97. The summed E-state index contributed by atoms with van der Waals surface area (Å²) in [5.74, 6) is 0. The Kier molecular flexibility index (Phi) is 3.15. The van der Waals surface area contributed by atoms with Crippen LogP contribution in [0.4, 0.5) is 0 Å². The van der Waals surface area contributed by atoms with Crippen molar-refractivity contribution < 1.29 is 0 Å². The Labute approximate surface area is 103 Å². The Bertz CT molecular complexity index is 497. The molecule has 0 saturated carbocycles. The molecule has 4 heteroatoms. The smallest absolute Gasteiger partial charge is 0.129 e. The van der Waals surface area contributed by atoms with E-state index in [-0.39, 0.29) is 0 Å². The molecule has 0 aliphatic heterocycles. The highest BCUT2D eigenvalue weighted by Crippen LogP contribution is 2.29. The van der Waals surface area contributed by atoms with E-state index >= 15 is 0 Å². The van der Waals surface area contributed by atoms with Crippen molar-refractivity contribution in [3.05, 3.63) is 51.6 Å². The van der Waals surface area contributed by atoms with Crippen LogP contribution >= 0.6 is 34.8 Å². The molecule has 1 heterocycles. The quantitative estimate of drug-likeness (QED) is 0.675. The topological polar surface area (TPSA) is 12.9 Å². The summed E-state index contributed by atoms with van der Waals surface area (Å²) < 4.78 is 0. The minimum absolute atomic E-state index is 0.434. The van der Waals surface area contributed by atoms with E-state index in [1.807, 2.05) is 12.1 Å². The molecule has 0 saturated heterocycles. The van der Waals surface area contributed by atoms with Crippen LogP contribution in [0.2, 0.25) is 15.2 Å². The molecule has 76 valence electrons. The van der Waals surface area contributed by atoms with Crippen molar-refractivity contribution in [2.75, 3.05) is 0 Å². The van der Waals surface area contributed by atoms with Crippen LogP contribution < -0.4 is 0 Å². The van der Waals surface area contributed by atoms with E-state index in [9.17, 15) is 0 Å². The van der Waals surface area contributed by atoms with E-state index < -0.39 is 0 Å². The first-order valence-corrected chi connectivity index (χ1v) is 5.38. The number of hydrogen-bond donors (Lipinski definition) is 0. The van der Waals surface area contributed by atoms with Crippen molar-refractivity contribution in [2.24, 2.45) is 0 Å². The summed E-state index contributed by atoms with van der Waals surface area (Å²) in [5.41, 5.74) is 1.50. The first-order valence-electron chi connectivity index (χ1n) is 4.25. The highest BCUT2D eigenvalue weighted by Gasteiger charge is 2.05. The lowest BCUT2D eigenvalue weighted by Crippen LogP contribution is -1.84. The third kappa shape index (κ3) is 2.43. The summed E-state index contributed by atoms with van der Waals surface area (Å²) in [4.78, 5) is 4.17. The molecule has 1 aromatic carbocycles. The maximum absolute atomic E-state index is 6.04. The van der Waals surface area contributed by atoms with Gasteiger partial charge in [-0.05, 0) is 30.3 Å². The molecule has 1 aromatic heterocycles. The van der Waals surface area contributed by atoms with Crippen molar-refractivity contribution in [3.8, 4) is 11.3 Å². The van der Waals surface area contributed by atoms with Gasteiger partial charge in [0.2, 0.25) is 0 Å². The van der Waals surface area contributed by atoms with E-state index in [2.05, 4.69) is 4.98 Å². The molecule has 0 spiro atoms.